The van der Waals surface area contributed by atoms with Crippen LogP contribution in [-0.2, 0) is 25.8 Å². The molecular weight excluding hydrogens is 388 g/mol. The van der Waals surface area contributed by atoms with E-state index in [0.717, 1.165) is 24.1 Å². The Morgan fingerprint density at radius 3 is 2.41 bits per heavy atom. The first-order valence-electron chi connectivity index (χ1n) is 10.0. The van der Waals surface area contributed by atoms with Crippen molar-refractivity contribution in [2.24, 2.45) is 5.92 Å². The monoisotopic (exact) mass is 414 g/mol. The summed E-state index contributed by atoms with van der Waals surface area (Å²) in [5.74, 6) is 0.298. The molecule has 1 saturated heterocycles. The number of hydrogen-bond donors (Lipinski definition) is 0. The van der Waals surface area contributed by atoms with E-state index in [1.165, 1.54) is 5.41 Å². The predicted octanol–water partition coefficient (Wildman–Crippen LogP) is 2.59. The van der Waals surface area contributed by atoms with Gasteiger partial charge in [-0.3, -0.25) is 4.79 Å². The summed E-state index contributed by atoms with van der Waals surface area (Å²) in [4.78, 5) is 14.9. The van der Waals surface area contributed by atoms with Crippen molar-refractivity contribution in [3.8, 4) is 5.69 Å². The Bertz CT molecular complexity index is 959. The Labute approximate surface area is 171 Å². The molecule has 1 amide bonds. The summed E-state index contributed by atoms with van der Waals surface area (Å²) >= 11 is 0. The van der Waals surface area contributed by atoms with E-state index in [9.17, 15) is 13.2 Å². The minimum Gasteiger partial charge on any atom is -0.381 e. The molecular formula is C22H26N2O4S. The van der Waals surface area contributed by atoms with Gasteiger partial charge in [0.25, 0.3) is 0 Å². The van der Waals surface area contributed by atoms with Crippen molar-refractivity contribution >= 4 is 15.7 Å². The second kappa shape index (κ2) is 8.55. The molecule has 1 unspecified atom stereocenters. The number of hydrogen-bond acceptors (Lipinski definition) is 4. The van der Waals surface area contributed by atoms with Gasteiger partial charge in [0.05, 0.1) is 18.2 Å². The van der Waals surface area contributed by atoms with Crippen molar-refractivity contribution in [3.63, 3.8) is 0 Å². The molecule has 0 spiro atoms. The van der Waals surface area contributed by atoms with Crippen LogP contribution in [0.3, 0.4) is 0 Å². The summed E-state index contributed by atoms with van der Waals surface area (Å²) in [6, 6.07) is 11.5. The fourth-order valence-electron chi connectivity index (χ4n) is 3.95. The lowest BCUT2D eigenvalue weighted by molar-refractivity contribution is -0.132. The highest BCUT2D eigenvalue weighted by Gasteiger charge is 2.32. The van der Waals surface area contributed by atoms with Crippen molar-refractivity contribution in [1.82, 2.24) is 9.47 Å². The zero-order chi connectivity index (χ0) is 20.3. The number of amides is 1. The van der Waals surface area contributed by atoms with Crippen molar-refractivity contribution in [2.75, 3.05) is 25.5 Å². The summed E-state index contributed by atoms with van der Waals surface area (Å²) in [5.41, 5.74) is 1.96. The molecule has 1 aromatic heterocycles. The van der Waals surface area contributed by atoms with E-state index < -0.39 is 9.84 Å². The first-order chi connectivity index (χ1) is 14.0. The van der Waals surface area contributed by atoms with Gasteiger partial charge in [0.2, 0.25) is 5.91 Å². The summed E-state index contributed by atoms with van der Waals surface area (Å²) in [6.45, 7) is 1.98. The maximum atomic E-state index is 13.2. The number of sulfone groups is 1. The lowest BCUT2D eigenvalue weighted by Gasteiger charge is -2.33. The quantitative estimate of drug-likeness (QED) is 0.729. The molecule has 1 atom stereocenters. The van der Waals surface area contributed by atoms with E-state index in [0.29, 0.717) is 25.7 Å². The number of benzene rings is 1. The molecule has 0 N–H and O–H groups in total. The summed E-state index contributed by atoms with van der Waals surface area (Å²) in [5, 5.41) is 1.24. The van der Waals surface area contributed by atoms with Crippen molar-refractivity contribution in [2.45, 2.75) is 25.3 Å². The third-order valence-corrected chi connectivity index (χ3v) is 7.00. The molecule has 7 heteroatoms. The van der Waals surface area contributed by atoms with Gasteiger partial charge in [0, 0.05) is 43.2 Å². The third-order valence-electron chi connectivity index (χ3n) is 5.62. The van der Waals surface area contributed by atoms with Gasteiger partial charge in [0.1, 0.15) is 0 Å². The predicted molar refractivity (Wildman–Crippen MR) is 111 cm³/mol. The van der Waals surface area contributed by atoms with Crippen LogP contribution in [0.2, 0.25) is 0 Å². The van der Waals surface area contributed by atoms with E-state index in [-0.39, 0.29) is 24.1 Å². The van der Waals surface area contributed by atoms with Crippen LogP contribution < -0.4 is 0 Å². The Balaban J connectivity index is 1.47. The summed E-state index contributed by atoms with van der Waals surface area (Å²) in [7, 11) is -3.22. The normalized spacial score (nSPS) is 21.3. The molecule has 1 aromatic carbocycles. The van der Waals surface area contributed by atoms with Crippen LogP contribution in [0.1, 0.15) is 18.4 Å². The van der Waals surface area contributed by atoms with Gasteiger partial charge in [0.15, 0.2) is 9.84 Å². The molecule has 3 heterocycles. The lowest BCUT2D eigenvalue weighted by atomic mass is 9.98. The van der Waals surface area contributed by atoms with Crippen LogP contribution in [0.15, 0.2) is 60.3 Å². The standard InChI is InChI=1S/C22H26N2O4S/c25-22(15-18-3-5-20(6-4-18)23-10-1-2-11-23)24(16-19-7-12-28-13-8-19)21-9-14-29(26,27)17-21/h1-6,9-11,14,19,21H,7-8,12-13,15-17H2. The second-order valence-corrected chi connectivity index (χ2v) is 9.69. The highest BCUT2D eigenvalue weighted by Crippen LogP contribution is 2.22. The topological polar surface area (TPSA) is 68.6 Å². The first-order valence-corrected chi connectivity index (χ1v) is 11.7. The zero-order valence-corrected chi connectivity index (χ0v) is 17.1. The molecule has 2 aliphatic rings. The third kappa shape index (κ3) is 4.97. The first kappa shape index (κ1) is 19.9. The number of carbonyl (C=O) groups is 1. The van der Waals surface area contributed by atoms with Crippen molar-refractivity contribution in [3.05, 3.63) is 65.8 Å². The lowest BCUT2D eigenvalue weighted by Crippen LogP contribution is -2.45. The van der Waals surface area contributed by atoms with Crippen LogP contribution >= 0.6 is 0 Å². The minimum atomic E-state index is -3.22. The van der Waals surface area contributed by atoms with Gasteiger partial charge in [-0.2, -0.15) is 0 Å². The SMILES string of the molecule is O=C(Cc1ccc(-n2cccc2)cc1)N(CC1CCOCC1)C1C=CS(=O)(=O)C1. The Hall–Kier alpha value is -2.38. The number of rotatable bonds is 6. The number of aromatic nitrogens is 1. The van der Waals surface area contributed by atoms with Gasteiger partial charge in [-0.05, 0) is 54.7 Å². The average molecular weight is 415 g/mol. The van der Waals surface area contributed by atoms with E-state index in [1.54, 1.807) is 11.0 Å². The molecule has 0 aliphatic carbocycles. The summed E-state index contributed by atoms with van der Waals surface area (Å²) in [6.07, 6.45) is 7.67. The van der Waals surface area contributed by atoms with Crippen LogP contribution in [0.4, 0.5) is 0 Å². The van der Waals surface area contributed by atoms with Crippen LogP contribution in [0.5, 0.6) is 0 Å². The van der Waals surface area contributed by atoms with Crippen LogP contribution in [0.25, 0.3) is 5.69 Å². The highest BCUT2D eigenvalue weighted by atomic mass is 32.2. The molecule has 29 heavy (non-hydrogen) atoms. The highest BCUT2D eigenvalue weighted by molar-refractivity contribution is 7.94. The van der Waals surface area contributed by atoms with Crippen LogP contribution in [0, 0.1) is 5.92 Å². The Morgan fingerprint density at radius 1 is 1.10 bits per heavy atom. The maximum Gasteiger partial charge on any atom is 0.227 e. The molecule has 6 nitrogen and oxygen atoms in total. The average Bonchev–Trinajstić information content (AvgIpc) is 3.37. The fraction of sp³-hybridized carbons (Fsp3) is 0.409. The van der Waals surface area contributed by atoms with Crippen molar-refractivity contribution < 1.29 is 17.9 Å². The number of ether oxygens (including phenoxy) is 1. The maximum absolute atomic E-state index is 13.2. The molecule has 4 rings (SSSR count). The largest absolute Gasteiger partial charge is 0.381 e. The van der Waals surface area contributed by atoms with Gasteiger partial charge in [-0.25, -0.2) is 8.42 Å². The van der Waals surface area contributed by atoms with E-state index in [4.69, 9.17) is 4.74 Å². The molecule has 0 saturated carbocycles. The van der Waals surface area contributed by atoms with Gasteiger partial charge >= 0.3 is 0 Å². The van der Waals surface area contributed by atoms with Gasteiger partial charge in [-0.1, -0.05) is 12.1 Å². The van der Waals surface area contributed by atoms with E-state index >= 15 is 0 Å². The number of nitrogens with zero attached hydrogens (tertiary/aromatic N) is 2. The van der Waals surface area contributed by atoms with Crippen LogP contribution in [-0.4, -0.2) is 55.3 Å². The van der Waals surface area contributed by atoms with Gasteiger partial charge in [-0.15, -0.1) is 0 Å². The Morgan fingerprint density at radius 2 is 1.79 bits per heavy atom. The Kier molecular flexibility index (Phi) is 5.87. The molecule has 2 aliphatic heterocycles. The van der Waals surface area contributed by atoms with E-state index in [2.05, 4.69) is 0 Å². The fourth-order valence-corrected chi connectivity index (χ4v) is 5.25. The molecule has 0 bridgehead atoms. The second-order valence-electron chi connectivity index (χ2n) is 7.76. The molecule has 1 fully saturated rings. The zero-order valence-electron chi connectivity index (χ0n) is 16.3. The minimum absolute atomic E-state index is 0.0193. The molecule has 2 aromatic rings. The van der Waals surface area contributed by atoms with Crippen molar-refractivity contribution in [1.29, 1.82) is 0 Å². The molecule has 154 valence electrons. The summed E-state index contributed by atoms with van der Waals surface area (Å²) < 4.78 is 31.3. The van der Waals surface area contributed by atoms with E-state index in [1.807, 2.05) is 53.4 Å². The van der Waals surface area contributed by atoms with Gasteiger partial charge < -0.3 is 14.2 Å². The smallest absolute Gasteiger partial charge is 0.227 e. The molecule has 0 radical (unpaired) electrons. The number of carbonyl (C=O) groups excluding carboxylic acids is 1.